The van der Waals surface area contributed by atoms with Gasteiger partial charge in [-0.25, -0.2) is 4.57 Å². The molecular formula is C47H79O16P. The van der Waals surface area contributed by atoms with Crippen molar-refractivity contribution < 1.29 is 78.4 Å². The molecule has 0 aromatic heterocycles. The minimum Gasteiger partial charge on any atom is -0.462 e. The summed E-state index contributed by atoms with van der Waals surface area (Å²) in [5.74, 6) is -4.32. The summed E-state index contributed by atoms with van der Waals surface area (Å²) >= 11 is 0. The first-order chi connectivity index (χ1) is 30.6. The number of phosphoric ester groups is 1. The Hall–Kier alpha value is -2.57. The van der Waals surface area contributed by atoms with E-state index in [1.807, 2.05) is 19.1 Å². The van der Waals surface area contributed by atoms with Crippen LogP contribution in [0.5, 0.6) is 0 Å². The van der Waals surface area contributed by atoms with E-state index in [1.165, 1.54) is 62.8 Å². The number of esters is 2. The number of carbonyl (C=O) groups is 2. The quantitative estimate of drug-likeness (QED) is 0.0271. The SMILES string of the molecule is CCCCCCCC/C=C\C/C=C\C/C=C\CCCC(=O)OC[C@@H]1COP(=O)(O)O[C@H]2[C@H](O)[C@@H](O)[C@H](O)[C@H](C/C=C\CC(=O)O1)[C@@H](O)C[C@@H](O)[C@H](/C=C\[C@H](O)CCCCC)[C@@H](O)[C@H]2O. The number of aliphatic hydroxyl groups is 8. The first-order valence-corrected chi connectivity index (χ1v) is 24.8. The second kappa shape index (κ2) is 33.0. The number of phosphoric acid groups is 1. The molecule has 9 N–H and O–H groups in total. The fraction of sp³-hybridized carbons (Fsp3) is 0.745. The molecule has 64 heavy (non-hydrogen) atoms. The predicted octanol–water partition coefficient (Wildman–Crippen LogP) is 5.32. The van der Waals surface area contributed by atoms with Gasteiger partial charge in [0.2, 0.25) is 0 Å². The normalized spacial score (nSPS) is 32.7. The Morgan fingerprint density at radius 1 is 0.781 bits per heavy atom. The number of fused-ring (bicyclic) bond motifs is 4. The molecule has 0 aromatic rings. The highest BCUT2D eigenvalue weighted by atomic mass is 31.2. The zero-order valence-electron chi connectivity index (χ0n) is 37.9. The lowest BCUT2D eigenvalue weighted by atomic mass is 9.83. The minimum atomic E-state index is -5.44. The molecule has 1 aliphatic heterocycles. The van der Waals surface area contributed by atoms with Crippen LogP contribution in [-0.4, -0.2) is 132 Å². The van der Waals surface area contributed by atoms with Crippen LogP contribution in [0.15, 0.2) is 60.8 Å². The maximum atomic E-state index is 13.4. The second-order valence-corrected chi connectivity index (χ2v) is 18.3. The van der Waals surface area contributed by atoms with Gasteiger partial charge in [-0.2, -0.15) is 0 Å². The molecule has 1 heterocycles. The summed E-state index contributed by atoms with van der Waals surface area (Å²) in [7, 11) is -5.44. The van der Waals surface area contributed by atoms with Crippen LogP contribution in [0.2, 0.25) is 0 Å². The molecule has 1 fully saturated rings. The lowest BCUT2D eigenvalue weighted by molar-refractivity contribution is -0.167. The Balaban J connectivity index is 2.11. The van der Waals surface area contributed by atoms with Gasteiger partial charge in [0.15, 0.2) is 6.10 Å². The van der Waals surface area contributed by atoms with Crippen LogP contribution in [0.4, 0.5) is 0 Å². The molecule has 0 aromatic carbocycles. The molecule has 1 saturated carbocycles. The highest BCUT2D eigenvalue weighted by Gasteiger charge is 2.49. The molecule has 0 radical (unpaired) electrons. The molecule has 0 spiro atoms. The van der Waals surface area contributed by atoms with E-state index >= 15 is 0 Å². The molecule has 1 aliphatic carbocycles. The number of hydrogen-bond donors (Lipinski definition) is 9. The first-order valence-electron chi connectivity index (χ1n) is 23.3. The molecule has 368 valence electrons. The van der Waals surface area contributed by atoms with E-state index in [1.54, 1.807) is 0 Å². The van der Waals surface area contributed by atoms with Crippen molar-refractivity contribution in [2.24, 2.45) is 11.8 Å². The molecule has 2 bridgehead atoms. The third-order valence-electron chi connectivity index (χ3n) is 11.4. The number of allylic oxidation sites excluding steroid dienone is 7. The number of rotatable bonds is 23. The van der Waals surface area contributed by atoms with Crippen LogP contribution in [0.1, 0.15) is 136 Å². The number of carbonyl (C=O) groups excluding carboxylic acids is 2. The summed E-state index contributed by atoms with van der Waals surface area (Å²) in [5.41, 5.74) is 0. The monoisotopic (exact) mass is 931 g/mol. The molecule has 0 amide bonds. The molecule has 2 aliphatic rings. The van der Waals surface area contributed by atoms with Crippen LogP contribution in [-0.2, 0) is 32.7 Å². The lowest BCUT2D eigenvalue weighted by Crippen LogP contribution is -2.55. The highest BCUT2D eigenvalue weighted by molar-refractivity contribution is 7.47. The van der Waals surface area contributed by atoms with Crippen LogP contribution in [0.3, 0.4) is 0 Å². The van der Waals surface area contributed by atoms with Gasteiger partial charge in [-0.3, -0.25) is 18.6 Å². The van der Waals surface area contributed by atoms with Crippen molar-refractivity contribution in [3.05, 3.63) is 60.8 Å². The lowest BCUT2D eigenvalue weighted by Gasteiger charge is -2.37. The van der Waals surface area contributed by atoms with Crippen LogP contribution in [0.25, 0.3) is 0 Å². The predicted molar refractivity (Wildman–Crippen MR) is 241 cm³/mol. The summed E-state index contributed by atoms with van der Waals surface area (Å²) in [4.78, 5) is 36.3. The molecule has 1 unspecified atom stereocenters. The number of unbranched alkanes of at least 4 members (excludes halogenated alkanes) is 9. The molecule has 2 rings (SSSR count). The summed E-state index contributed by atoms with van der Waals surface area (Å²) in [6.45, 7) is 2.74. The van der Waals surface area contributed by atoms with Gasteiger partial charge in [-0.1, -0.05) is 126 Å². The first kappa shape index (κ1) is 57.6. The molecular weight excluding hydrogens is 851 g/mol. The summed E-state index contributed by atoms with van der Waals surface area (Å²) < 4.78 is 34.3. The number of hydrogen-bond acceptors (Lipinski definition) is 15. The van der Waals surface area contributed by atoms with Gasteiger partial charge >= 0.3 is 19.8 Å². The van der Waals surface area contributed by atoms with E-state index in [0.29, 0.717) is 25.7 Å². The zero-order valence-corrected chi connectivity index (χ0v) is 38.8. The third kappa shape index (κ3) is 23.2. The minimum absolute atomic E-state index is 0.0269. The highest BCUT2D eigenvalue weighted by Crippen LogP contribution is 2.47. The van der Waals surface area contributed by atoms with Crippen molar-refractivity contribution in [3.8, 4) is 0 Å². The van der Waals surface area contributed by atoms with Crippen molar-refractivity contribution in [3.63, 3.8) is 0 Å². The Bertz CT molecular complexity index is 1480. The Labute approximate surface area is 380 Å². The fourth-order valence-electron chi connectivity index (χ4n) is 7.52. The standard InChI is InChI=1S/C47H79O16P/c1-3-5-7-8-9-10-11-12-13-14-15-16-17-18-19-20-22-27-40(51)60-32-35-33-61-64(58,59)63-47-45(56)43(54)37(30-29-34(48)25-21-6-4-2)39(50)31-38(49)36(42(53)44(55)46(47)57)26-23-24-28-41(52)62-35/h12-13,15-16,18-19,23-24,29-30,34-39,42-50,53-57H,3-11,14,17,20-22,25-28,31-33H2,1-2H3,(H,58,59)/b13-12-,16-15-,19-18-,24-23-,30-29-/t34-,35-,36-,37+,38+,39-,42-,43-,44+,45-,46-,47-/m1/s1. The van der Waals surface area contributed by atoms with Gasteiger partial charge in [0.25, 0.3) is 0 Å². The van der Waals surface area contributed by atoms with E-state index < -0.39 is 112 Å². The van der Waals surface area contributed by atoms with Gasteiger partial charge in [0, 0.05) is 24.7 Å². The average molecular weight is 931 g/mol. The van der Waals surface area contributed by atoms with Crippen LogP contribution < -0.4 is 0 Å². The van der Waals surface area contributed by atoms with Gasteiger partial charge < -0.3 is 55.2 Å². The summed E-state index contributed by atoms with van der Waals surface area (Å²) in [5, 5.41) is 89.4. The van der Waals surface area contributed by atoms with Gasteiger partial charge in [-0.05, 0) is 51.4 Å². The summed E-state index contributed by atoms with van der Waals surface area (Å²) in [6.07, 6.45) is 11.7. The molecule has 17 heteroatoms. The van der Waals surface area contributed by atoms with E-state index in [2.05, 4.69) is 31.2 Å². The van der Waals surface area contributed by atoms with Crippen LogP contribution in [0, 0.1) is 11.8 Å². The number of aliphatic hydroxyl groups excluding tert-OH is 8. The molecule has 16 nitrogen and oxygen atoms in total. The van der Waals surface area contributed by atoms with E-state index in [-0.39, 0.29) is 19.3 Å². The largest absolute Gasteiger partial charge is 0.472 e. The van der Waals surface area contributed by atoms with E-state index in [9.17, 15) is 59.9 Å². The van der Waals surface area contributed by atoms with Crippen molar-refractivity contribution in [1.82, 2.24) is 0 Å². The number of ether oxygens (including phenoxy) is 2. The third-order valence-corrected chi connectivity index (χ3v) is 12.4. The van der Waals surface area contributed by atoms with Gasteiger partial charge in [0.1, 0.15) is 31.0 Å². The van der Waals surface area contributed by atoms with Crippen molar-refractivity contribution in [1.29, 1.82) is 0 Å². The van der Waals surface area contributed by atoms with Crippen molar-refractivity contribution in [2.75, 3.05) is 13.2 Å². The molecule has 13 atom stereocenters. The molecule has 0 saturated heterocycles. The maximum absolute atomic E-state index is 13.4. The maximum Gasteiger partial charge on any atom is 0.472 e. The fourth-order valence-corrected chi connectivity index (χ4v) is 8.49. The van der Waals surface area contributed by atoms with Gasteiger partial charge in [0.05, 0.1) is 43.5 Å². The second-order valence-electron chi connectivity index (χ2n) is 16.9. The zero-order chi connectivity index (χ0) is 47.3. The summed E-state index contributed by atoms with van der Waals surface area (Å²) in [6, 6.07) is 0. The van der Waals surface area contributed by atoms with Crippen molar-refractivity contribution in [2.45, 2.75) is 197 Å². The Kier molecular flexibility index (Phi) is 29.7. The van der Waals surface area contributed by atoms with Crippen molar-refractivity contribution >= 4 is 19.8 Å². The smallest absolute Gasteiger partial charge is 0.462 e. The average Bonchev–Trinajstić information content (AvgIpc) is 3.26. The topological polar surface area (TPSA) is 270 Å². The van der Waals surface area contributed by atoms with E-state index in [0.717, 1.165) is 32.1 Å². The van der Waals surface area contributed by atoms with Crippen LogP contribution >= 0.6 is 7.82 Å². The Morgan fingerprint density at radius 3 is 2.08 bits per heavy atom. The Morgan fingerprint density at radius 2 is 1.39 bits per heavy atom. The number of cyclic esters (lactones) is 1. The van der Waals surface area contributed by atoms with E-state index in [4.69, 9.17) is 18.5 Å². The van der Waals surface area contributed by atoms with Gasteiger partial charge in [-0.15, -0.1) is 0 Å².